The van der Waals surface area contributed by atoms with E-state index in [1.54, 1.807) is 0 Å². The standard InChI is InChI=1S/C10H9NOS/c12-10(4-5-10)8-3-1-2-7-6-11-13-9(7)8/h1-3,6,12H,4-5H2. The summed E-state index contributed by atoms with van der Waals surface area (Å²) in [6.07, 6.45) is 3.64. The molecular weight excluding hydrogens is 182 g/mol. The first-order chi connectivity index (χ1) is 6.30. The van der Waals surface area contributed by atoms with Crippen LogP contribution in [0.4, 0.5) is 0 Å². The van der Waals surface area contributed by atoms with Gasteiger partial charge in [0.05, 0.1) is 10.3 Å². The molecule has 1 N–H and O–H groups in total. The molecule has 13 heavy (non-hydrogen) atoms. The minimum absolute atomic E-state index is 0.536. The molecule has 1 aliphatic rings. The van der Waals surface area contributed by atoms with Gasteiger partial charge in [0.15, 0.2) is 0 Å². The Hall–Kier alpha value is -0.930. The van der Waals surface area contributed by atoms with Crippen LogP contribution in [-0.4, -0.2) is 9.48 Å². The predicted octanol–water partition coefficient (Wildman–Crippen LogP) is 2.28. The van der Waals surface area contributed by atoms with Crippen molar-refractivity contribution < 1.29 is 5.11 Å². The molecule has 3 rings (SSSR count). The van der Waals surface area contributed by atoms with E-state index in [-0.39, 0.29) is 0 Å². The zero-order valence-corrected chi connectivity index (χ0v) is 7.84. The second-order valence-electron chi connectivity index (χ2n) is 3.58. The molecular formula is C10H9NOS. The molecule has 2 nitrogen and oxygen atoms in total. The van der Waals surface area contributed by atoms with Crippen molar-refractivity contribution in [3.8, 4) is 0 Å². The van der Waals surface area contributed by atoms with Crippen LogP contribution in [0.2, 0.25) is 0 Å². The van der Waals surface area contributed by atoms with Crippen LogP contribution in [0.15, 0.2) is 24.4 Å². The van der Waals surface area contributed by atoms with Crippen LogP contribution >= 0.6 is 11.5 Å². The van der Waals surface area contributed by atoms with E-state index in [9.17, 15) is 5.11 Å². The van der Waals surface area contributed by atoms with E-state index in [0.29, 0.717) is 0 Å². The van der Waals surface area contributed by atoms with Crippen molar-refractivity contribution in [3.05, 3.63) is 30.0 Å². The van der Waals surface area contributed by atoms with Gasteiger partial charge in [0.2, 0.25) is 0 Å². The first kappa shape index (κ1) is 7.47. The molecule has 1 fully saturated rings. The lowest BCUT2D eigenvalue weighted by Gasteiger charge is -2.07. The van der Waals surface area contributed by atoms with Gasteiger partial charge >= 0.3 is 0 Å². The highest BCUT2D eigenvalue weighted by atomic mass is 32.1. The maximum atomic E-state index is 10.00. The van der Waals surface area contributed by atoms with Gasteiger partial charge in [-0.3, -0.25) is 0 Å². The Balaban J connectivity index is 2.33. The first-order valence-electron chi connectivity index (χ1n) is 4.36. The normalized spacial score (nSPS) is 19.2. The molecule has 0 spiro atoms. The molecule has 0 saturated heterocycles. The van der Waals surface area contributed by atoms with Gasteiger partial charge in [-0.15, -0.1) is 0 Å². The van der Waals surface area contributed by atoms with Gasteiger partial charge in [-0.2, -0.15) is 4.37 Å². The monoisotopic (exact) mass is 191 g/mol. The Kier molecular flexibility index (Phi) is 1.32. The molecule has 0 unspecified atom stereocenters. The van der Waals surface area contributed by atoms with Crippen molar-refractivity contribution in [1.29, 1.82) is 0 Å². The summed E-state index contributed by atoms with van der Waals surface area (Å²) in [7, 11) is 0. The van der Waals surface area contributed by atoms with Crippen LogP contribution in [-0.2, 0) is 5.60 Å². The van der Waals surface area contributed by atoms with Gasteiger partial charge < -0.3 is 5.11 Å². The summed E-state index contributed by atoms with van der Waals surface area (Å²) in [6.45, 7) is 0. The summed E-state index contributed by atoms with van der Waals surface area (Å²) >= 11 is 1.47. The molecule has 2 aromatic rings. The second kappa shape index (κ2) is 2.30. The molecule has 1 aliphatic carbocycles. The largest absolute Gasteiger partial charge is 0.385 e. The number of hydrogen-bond acceptors (Lipinski definition) is 3. The van der Waals surface area contributed by atoms with Gasteiger partial charge in [-0.05, 0) is 24.4 Å². The lowest BCUT2D eigenvalue weighted by Crippen LogP contribution is -2.03. The van der Waals surface area contributed by atoms with Gasteiger partial charge in [0.1, 0.15) is 0 Å². The van der Waals surface area contributed by atoms with E-state index in [2.05, 4.69) is 4.37 Å². The van der Waals surface area contributed by atoms with Crippen molar-refractivity contribution in [3.63, 3.8) is 0 Å². The molecule has 1 saturated carbocycles. The van der Waals surface area contributed by atoms with Crippen LogP contribution in [0.25, 0.3) is 10.1 Å². The third kappa shape index (κ3) is 1.01. The highest BCUT2D eigenvalue weighted by molar-refractivity contribution is 7.13. The zero-order chi connectivity index (χ0) is 8.89. The average molecular weight is 191 g/mol. The molecule has 0 bridgehead atoms. The average Bonchev–Trinajstić information content (AvgIpc) is 2.72. The minimum atomic E-state index is -0.536. The van der Waals surface area contributed by atoms with E-state index in [1.165, 1.54) is 11.5 Å². The Labute approximate surface area is 80.0 Å². The molecule has 1 aromatic heterocycles. The third-order valence-electron chi connectivity index (χ3n) is 2.61. The lowest BCUT2D eigenvalue weighted by molar-refractivity contribution is 0.153. The van der Waals surface area contributed by atoms with E-state index < -0.39 is 5.60 Å². The first-order valence-corrected chi connectivity index (χ1v) is 5.13. The quantitative estimate of drug-likeness (QED) is 0.750. The topological polar surface area (TPSA) is 33.1 Å². The number of nitrogens with zero attached hydrogens (tertiary/aromatic N) is 1. The maximum absolute atomic E-state index is 10.00. The van der Waals surface area contributed by atoms with Crippen LogP contribution in [0.1, 0.15) is 18.4 Å². The Bertz CT molecular complexity index is 459. The second-order valence-corrected chi connectivity index (χ2v) is 4.38. The molecule has 0 aliphatic heterocycles. The van der Waals surface area contributed by atoms with Crippen LogP contribution in [0.3, 0.4) is 0 Å². The molecule has 66 valence electrons. The van der Waals surface area contributed by atoms with Gasteiger partial charge in [0, 0.05) is 17.1 Å². The fourth-order valence-corrected chi connectivity index (χ4v) is 2.50. The summed E-state index contributed by atoms with van der Waals surface area (Å²) in [4.78, 5) is 0. The van der Waals surface area contributed by atoms with Crippen molar-refractivity contribution in [2.45, 2.75) is 18.4 Å². The molecule has 3 heteroatoms. The highest BCUT2D eigenvalue weighted by Gasteiger charge is 2.43. The van der Waals surface area contributed by atoms with Crippen LogP contribution in [0, 0.1) is 0 Å². The Morgan fingerprint density at radius 1 is 1.38 bits per heavy atom. The minimum Gasteiger partial charge on any atom is -0.385 e. The van der Waals surface area contributed by atoms with E-state index in [0.717, 1.165) is 28.5 Å². The number of fused-ring (bicyclic) bond motifs is 1. The summed E-state index contributed by atoms with van der Waals surface area (Å²) in [5.74, 6) is 0. The van der Waals surface area contributed by atoms with Crippen molar-refractivity contribution in [2.75, 3.05) is 0 Å². The highest BCUT2D eigenvalue weighted by Crippen LogP contribution is 2.48. The number of aromatic nitrogens is 1. The van der Waals surface area contributed by atoms with E-state index in [1.807, 2.05) is 24.4 Å². The molecule has 0 radical (unpaired) electrons. The number of aliphatic hydroxyl groups is 1. The van der Waals surface area contributed by atoms with Crippen molar-refractivity contribution in [2.24, 2.45) is 0 Å². The maximum Gasteiger partial charge on any atom is 0.0913 e. The summed E-state index contributed by atoms with van der Waals surface area (Å²) in [5, 5.41) is 11.1. The van der Waals surface area contributed by atoms with Gasteiger partial charge in [0.25, 0.3) is 0 Å². The summed E-state index contributed by atoms with van der Waals surface area (Å²) in [5.41, 5.74) is 0.527. The lowest BCUT2D eigenvalue weighted by atomic mass is 10.1. The molecule has 0 atom stereocenters. The number of hydrogen-bond donors (Lipinski definition) is 1. The molecule has 0 amide bonds. The van der Waals surface area contributed by atoms with Crippen molar-refractivity contribution in [1.82, 2.24) is 4.37 Å². The molecule has 1 aromatic carbocycles. The Morgan fingerprint density at radius 2 is 2.23 bits per heavy atom. The zero-order valence-electron chi connectivity index (χ0n) is 7.03. The fourth-order valence-electron chi connectivity index (χ4n) is 1.65. The predicted molar refractivity (Wildman–Crippen MR) is 52.8 cm³/mol. The van der Waals surface area contributed by atoms with Crippen LogP contribution < -0.4 is 0 Å². The third-order valence-corrected chi connectivity index (χ3v) is 3.46. The summed E-state index contributed by atoms with van der Waals surface area (Å²) < 4.78 is 5.28. The number of benzene rings is 1. The Morgan fingerprint density at radius 3 is 3.00 bits per heavy atom. The van der Waals surface area contributed by atoms with Gasteiger partial charge in [-0.25, -0.2) is 0 Å². The van der Waals surface area contributed by atoms with Crippen LogP contribution in [0.5, 0.6) is 0 Å². The smallest absolute Gasteiger partial charge is 0.0913 e. The van der Waals surface area contributed by atoms with E-state index >= 15 is 0 Å². The van der Waals surface area contributed by atoms with Crippen molar-refractivity contribution >= 4 is 21.6 Å². The fraction of sp³-hybridized carbons (Fsp3) is 0.300. The number of rotatable bonds is 1. The molecule has 1 heterocycles. The van der Waals surface area contributed by atoms with Gasteiger partial charge in [-0.1, -0.05) is 18.2 Å². The summed E-state index contributed by atoms with van der Waals surface area (Å²) in [6, 6.07) is 6.03. The van der Waals surface area contributed by atoms with E-state index in [4.69, 9.17) is 0 Å². The SMILES string of the molecule is OC1(c2cccc3cnsc23)CC1.